The van der Waals surface area contributed by atoms with E-state index in [1.165, 1.54) is 26.8 Å². The summed E-state index contributed by atoms with van der Waals surface area (Å²) in [4.78, 5) is 0. The van der Waals surface area contributed by atoms with Crippen molar-refractivity contribution < 1.29 is 17.0 Å². The SMILES string of the molecule is Cc1ccc([P+](c2ccccc2)(c2ccccc2)c2ccccc2)cc1.[Br-]. The number of rotatable bonds is 4. The van der Waals surface area contributed by atoms with Gasteiger partial charge < -0.3 is 17.0 Å². The maximum atomic E-state index is 2.32. The molecule has 0 saturated heterocycles. The van der Waals surface area contributed by atoms with Crippen molar-refractivity contribution in [1.29, 1.82) is 0 Å². The Hall–Kier alpha value is -2.21. The third kappa shape index (κ3) is 3.63. The maximum absolute atomic E-state index is 2.32. The number of benzene rings is 4. The Morgan fingerprint density at radius 3 is 1.04 bits per heavy atom. The Balaban J connectivity index is 0.00000210. The van der Waals surface area contributed by atoms with E-state index in [9.17, 15) is 0 Å². The fourth-order valence-electron chi connectivity index (χ4n) is 3.62. The number of hydrogen-bond donors (Lipinski definition) is 0. The predicted molar refractivity (Wildman–Crippen MR) is 116 cm³/mol. The van der Waals surface area contributed by atoms with Gasteiger partial charge in [0.25, 0.3) is 0 Å². The summed E-state index contributed by atoms with van der Waals surface area (Å²) in [5.41, 5.74) is 1.29. The van der Waals surface area contributed by atoms with Crippen LogP contribution in [-0.4, -0.2) is 0 Å². The first-order valence-corrected chi connectivity index (χ1v) is 10.7. The lowest BCUT2D eigenvalue weighted by atomic mass is 10.2. The Bertz CT molecular complexity index is 868. The van der Waals surface area contributed by atoms with Crippen molar-refractivity contribution >= 4 is 28.5 Å². The molecule has 0 heterocycles. The highest BCUT2D eigenvalue weighted by Gasteiger charge is 2.47. The topological polar surface area (TPSA) is 0 Å². The second-order valence-corrected chi connectivity index (χ2v) is 9.92. The first-order chi connectivity index (χ1) is 12.8. The minimum absolute atomic E-state index is 0. The monoisotopic (exact) mass is 432 g/mol. The summed E-state index contributed by atoms with van der Waals surface area (Å²) in [6, 6.07) is 42.1. The van der Waals surface area contributed by atoms with E-state index in [0.29, 0.717) is 0 Å². The van der Waals surface area contributed by atoms with Gasteiger partial charge in [-0.2, -0.15) is 0 Å². The molecule has 0 nitrogen and oxygen atoms in total. The lowest BCUT2D eigenvalue weighted by Gasteiger charge is -2.27. The van der Waals surface area contributed by atoms with Gasteiger partial charge in [-0.15, -0.1) is 0 Å². The Morgan fingerprint density at radius 2 is 0.704 bits per heavy atom. The molecule has 27 heavy (non-hydrogen) atoms. The molecule has 0 radical (unpaired) electrons. The standard InChI is InChI=1S/C25H22P.BrH/c1-21-17-19-25(20-18-21)26(22-11-5-2-6-12-22,23-13-7-3-8-14-23)24-15-9-4-10-16-24;/h2-20H,1H3;1H/q+1;/p-1. The number of aryl methyl sites for hydroxylation is 1. The molecule has 4 aromatic rings. The lowest BCUT2D eigenvalue weighted by molar-refractivity contribution is -0.00000502. The van der Waals surface area contributed by atoms with Crippen LogP contribution in [0.4, 0.5) is 0 Å². The Morgan fingerprint density at radius 1 is 0.407 bits per heavy atom. The van der Waals surface area contributed by atoms with E-state index in [1.54, 1.807) is 0 Å². The van der Waals surface area contributed by atoms with Crippen molar-refractivity contribution in [2.75, 3.05) is 0 Å². The largest absolute Gasteiger partial charge is 1.00 e. The molecule has 0 spiro atoms. The van der Waals surface area contributed by atoms with Gasteiger partial charge >= 0.3 is 0 Å². The highest BCUT2D eigenvalue weighted by molar-refractivity contribution is 8.01. The van der Waals surface area contributed by atoms with Gasteiger partial charge in [0.15, 0.2) is 0 Å². The molecule has 0 aliphatic carbocycles. The fraction of sp³-hybridized carbons (Fsp3) is 0.0400. The Labute approximate surface area is 173 Å². The van der Waals surface area contributed by atoms with Crippen molar-refractivity contribution in [3.8, 4) is 0 Å². The van der Waals surface area contributed by atoms with Crippen LogP contribution in [0.1, 0.15) is 5.56 Å². The van der Waals surface area contributed by atoms with Gasteiger partial charge in [-0.1, -0.05) is 72.3 Å². The zero-order valence-electron chi connectivity index (χ0n) is 15.3. The quantitative estimate of drug-likeness (QED) is 0.430. The van der Waals surface area contributed by atoms with Crippen LogP contribution >= 0.6 is 7.26 Å². The van der Waals surface area contributed by atoms with Crippen LogP contribution in [0.2, 0.25) is 0 Å². The van der Waals surface area contributed by atoms with Gasteiger partial charge in [0.1, 0.15) is 28.5 Å². The average Bonchev–Trinajstić information content (AvgIpc) is 2.72. The average molecular weight is 433 g/mol. The van der Waals surface area contributed by atoms with Gasteiger partial charge in [0, 0.05) is 0 Å². The summed E-state index contributed by atoms with van der Waals surface area (Å²) in [7, 11) is -1.93. The molecule has 0 unspecified atom stereocenters. The highest BCUT2D eigenvalue weighted by Crippen LogP contribution is 2.54. The van der Waals surface area contributed by atoms with E-state index >= 15 is 0 Å². The summed E-state index contributed by atoms with van der Waals surface area (Å²) in [5, 5.41) is 5.57. The van der Waals surface area contributed by atoms with Crippen LogP contribution in [0, 0.1) is 6.92 Å². The molecule has 0 aliphatic heterocycles. The first-order valence-electron chi connectivity index (χ1n) is 8.95. The molecular formula is C25H22BrP. The van der Waals surface area contributed by atoms with E-state index in [2.05, 4.69) is 122 Å². The van der Waals surface area contributed by atoms with Gasteiger partial charge in [-0.05, 0) is 55.5 Å². The second-order valence-electron chi connectivity index (χ2n) is 6.51. The van der Waals surface area contributed by atoms with Gasteiger partial charge in [-0.3, -0.25) is 0 Å². The minimum atomic E-state index is -1.93. The molecule has 0 bridgehead atoms. The molecule has 0 saturated carbocycles. The van der Waals surface area contributed by atoms with Crippen molar-refractivity contribution in [3.05, 3.63) is 121 Å². The van der Waals surface area contributed by atoms with Crippen LogP contribution in [0.25, 0.3) is 0 Å². The summed E-state index contributed by atoms with van der Waals surface area (Å²) in [6.07, 6.45) is 0. The maximum Gasteiger partial charge on any atom is 0.144 e. The van der Waals surface area contributed by atoms with E-state index in [1.807, 2.05) is 0 Å². The molecule has 0 N–H and O–H groups in total. The van der Waals surface area contributed by atoms with E-state index in [-0.39, 0.29) is 17.0 Å². The van der Waals surface area contributed by atoms with Crippen molar-refractivity contribution in [2.45, 2.75) is 6.92 Å². The minimum Gasteiger partial charge on any atom is -1.00 e. The summed E-state index contributed by atoms with van der Waals surface area (Å²) < 4.78 is 0. The third-order valence-electron chi connectivity index (χ3n) is 4.85. The zero-order valence-corrected chi connectivity index (χ0v) is 17.8. The number of hydrogen-bond acceptors (Lipinski definition) is 0. The molecule has 0 fully saturated rings. The van der Waals surface area contributed by atoms with E-state index in [4.69, 9.17) is 0 Å². The van der Waals surface area contributed by atoms with Gasteiger partial charge in [0.05, 0.1) is 0 Å². The molecule has 134 valence electrons. The smallest absolute Gasteiger partial charge is 0.144 e. The van der Waals surface area contributed by atoms with Crippen molar-refractivity contribution in [2.24, 2.45) is 0 Å². The van der Waals surface area contributed by atoms with Crippen LogP contribution < -0.4 is 38.2 Å². The van der Waals surface area contributed by atoms with Crippen LogP contribution in [0.5, 0.6) is 0 Å². The van der Waals surface area contributed by atoms with Crippen LogP contribution in [0.3, 0.4) is 0 Å². The molecule has 2 heteroatoms. The van der Waals surface area contributed by atoms with E-state index in [0.717, 1.165) is 0 Å². The normalized spacial score (nSPS) is 10.9. The van der Waals surface area contributed by atoms with Crippen LogP contribution in [0.15, 0.2) is 115 Å². The predicted octanol–water partition coefficient (Wildman–Crippen LogP) is 1.62. The van der Waals surface area contributed by atoms with Gasteiger partial charge in [0.2, 0.25) is 0 Å². The van der Waals surface area contributed by atoms with E-state index < -0.39 is 7.26 Å². The zero-order chi connectivity index (χ0) is 17.8. The third-order valence-corrected chi connectivity index (χ3v) is 9.14. The summed E-state index contributed by atoms with van der Waals surface area (Å²) in [6.45, 7) is 2.15. The molecule has 4 aromatic carbocycles. The highest BCUT2D eigenvalue weighted by atomic mass is 79.9. The first kappa shape index (κ1) is 19.5. The van der Waals surface area contributed by atoms with Crippen molar-refractivity contribution in [1.82, 2.24) is 0 Å². The van der Waals surface area contributed by atoms with Crippen molar-refractivity contribution in [3.63, 3.8) is 0 Å². The van der Waals surface area contributed by atoms with Crippen LogP contribution in [-0.2, 0) is 0 Å². The molecule has 0 amide bonds. The molecular weight excluding hydrogens is 411 g/mol. The Kier molecular flexibility index (Phi) is 6.26. The molecule has 0 aliphatic rings. The second kappa shape index (κ2) is 8.65. The molecule has 0 aromatic heterocycles. The molecule has 0 atom stereocenters. The summed E-state index contributed by atoms with van der Waals surface area (Å²) >= 11 is 0. The number of halogens is 1. The molecule has 4 rings (SSSR count). The fourth-order valence-corrected chi connectivity index (χ4v) is 7.86. The lowest BCUT2D eigenvalue weighted by Crippen LogP contribution is -3.00. The van der Waals surface area contributed by atoms with Gasteiger partial charge in [-0.25, -0.2) is 0 Å². The summed E-state index contributed by atoms with van der Waals surface area (Å²) in [5.74, 6) is 0.